The maximum Gasteiger partial charge on any atom is 0.337 e. The number of carbonyl (C=O) groups excluding carboxylic acids is 3. The predicted molar refractivity (Wildman–Crippen MR) is 137 cm³/mol. The third-order valence-corrected chi connectivity index (χ3v) is 6.62. The maximum absolute atomic E-state index is 13.1. The van der Waals surface area contributed by atoms with Crippen molar-refractivity contribution in [3.8, 4) is 5.75 Å². The molecule has 2 aromatic rings. The first-order valence-electron chi connectivity index (χ1n) is 11.6. The zero-order valence-corrected chi connectivity index (χ0v) is 21.0. The lowest BCUT2D eigenvalue weighted by Crippen LogP contribution is -2.43. The van der Waals surface area contributed by atoms with Gasteiger partial charge in [0.05, 0.1) is 36.5 Å². The minimum absolute atomic E-state index is 0.0917. The predicted octanol–water partition coefficient (Wildman–Crippen LogP) is 3.33. The first-order chi connectivity index (χ1) is 17.5. The van der Waals surface area contributed by atoms with Gasteiger partial charge in [0, 0.05) is 25.2 Å². The van der Waals surface area contributed by atoms with Gasteiger partial charge in [0.25, 0.3) is 11.8 Å². The fraction of sp³-hybridized carbons (Fsp3) is 0.308. The lowest BCUT2D eigenvalue weighted by molar-refractivity contribution is -0.137. The van der Waals surface area contributed by atoms with Crippen LogP contribution < -0.4 is 4.74 Å². The van der Waals surface area contributed by atoms with Gasteiger partial charge in [0.2, 0.25) is 0 Å². The molecule has 0 radical (unpaired) electrons. The molecule has 188 valence electrons. The van der Waals surface area contributed by atoms with E-state index in [4.69, 9.17) is 14.2 Å². The Kier molecular flexibility index (Phi) is 8.40. The van der Waals surface area contributed by atoms with Gasteiger partial charge >= 0.3 is 5.97 Å². The highest BCUT2D eigenvalue weighted by Crippen LogP contribution is 2.35. The summed E-state index contributed by atoms with van der Waals surface area (Å²) >= 11 is 1.24. The lowest BCUT2D eigenvalue weighted by Gasteiger charge is -2.26. The molecule has 2 fully saturated rings. The maximum atomic E-state index is 13.1. The second kappa shape index (κ2) is 11.9. The number of methoxy groups -OCH3 is 1. The van der Waals surface area contributed by atoms with Gasteiger partial charge in [-0.05, 0) is 49.0 Å². The average molecular weight is 510 g/mol. The number of amides is 2. The summed E-state index contributed by atoms with van der Waals surface area (Å²) in [7, 11) is 1.32. The minimum Gasteiger partial charge on any atom is -0.483 e. The zero-order valence-electron chi connectivity index (χ0n) is 20.1. The second-order valence-corrected chi connectivity index (χ2v) is 8.93. The summed E-state index contributed by atoms with van der Waals surface area (Å²) in [6.45, 7) is 4.37. The molecule has 0 bridgehead atoms. The van der Waals surface area contributed by atoms with Crippen molar-refractivity contribution in [2.45, 2.75) is 6.92 Å². The van der Waals surface area contributed by atoms with Gasteiger partial charge in [0.15, 0.2) is 11.8 Å². The van der Waals surface area contributed by atoms with Crippen LogP contribution in [0.4, 0.5) is 5.69 Å². The second-order valence-electron chi connectivity index (χ2n) is 7.92. The van der Waals surface area contributed by atoms with Crippen molar-refractivity contribution in [2.75, 3.05) is 46.6 Å². The number of likely N-dealkylation sites (N-methyl/N-ethyl adjacent to an activating group) is 1. The molecule has 2 saturated heterocycles. The van der Waals surface area contributed by atoms with Gasteiger partial charge in [-0.2, -0.15) is 0 Å². The Balaban J connectivity index is 1.53. The Labute approximate surface area is 213 Å². The van der Waals surface area contributed by atoms with Crippen LogP contribution in [0.2, 0.25) is 0 Å². The molecular formula is C26H27N3O6S. The van der Waals surface area contributed by atoms with Crippen molar-refractivity contribution in [2.24, 2.45) is 4.99 Å². The molecule has 0 spiro atoms. The number of morpholine rings is 1. The van der Waals surface area contributed by atoms with E-state index in [1.807, 2.05) is 25.1 Å². The number of aliphatic imine (C=N–C) groups is 1. The van der Waals surface area contributed by atoms with Crippen LogP contribution in [0.25, 0.3) is 6.08 Å². The average Bonchev–Trinajstić information content (AvgIpc) is 3.21. The van der Waals surface area contributed by atoms with Crippen molar-refractivity contribution in [1.29, 1.82) is 0 Å². The van der Waals surface area contributed by atoms with Crippen LogP contribution >= 0.6 is 11.8 Å². The van der Waals surface area contributed by atoms with E-state index in [1.165, 1.54) is 18.9 Å². The molecule has 0 aliphatic carbocycles. The molecule has 2 aliphatic rings. The third-order valence-electron chi connectivity index (χ3n) is 5.62. The number of amidine groups is 1. The van der Waals surface area contributed by atoms with Crippen LogP contribution in [0.15, 0.2) is 58.4 Å². The monoisotopic (exact) mass is 509 g/mol. The number of hydrogen-bond donors (Lipinski definition) is 0. The van der Waals surface area contributed by atoms with E-state index in [2.05, 4.69) is 4.99 Å². The van der Waals surface area contributed by atoms with Crippen molar-refractivity contribution < 1.29 is 28.6 Å². The summed E-state index contributed by atoms with van der Waals surface area (Å²) in [5.41, 5.74) is 1.61. The number of benzene rings is 2. The molecule has 2 heterocycles. The number of rotatable bonds is 7. The standard InChI is InChI=1S/C26H27N3O6S/c1-3-29-24(31)22(36-26(29)27-20-9-6-8-19(15-20)25(32)33-2)16-18-7-4-5-10-21(18)35-17-23(30)28-11-13-34-14-12-28/h4-10,15-16H,3,11-14,17H2,1-2H3. The number of ether oxygens (including phenoxy) is 3. The van der Waals surface area contributed by atoms with Crippen LogP contribution in [-0.2, 0) is 19.1 Å². The van der Waals surface area contributed by atoms with Crippen LogP contribution in [0, 0.1) is 0 Å². The topological polar surface area (TPSA) is 97.7 Å². The molecule has 2 aliphatic heterocycles. The molecule has 9 nitrogen and oxygen atoms in total. The quantitative estimate of drug-likeness (QED) is 0.417. The Morgan fingerprint density at radius 3 is 2.67 bits per heavy atom. The summed E-state index contributed by atoms with van der Waals surface area (Å²) in [6.07, 6.45) is 1.75. The van der Waals surface area contributed by atoms with E-state index in [0.717, 1.165) is 0 Å². The highest BCUT2D eigenvalue weighted by Gasteiger charge is 2.32. The van der Waals surface area contributed by atoms with Crippen LogP contribution in [0.5, 0.6) is 5.75 Å². The number of esters is 1. The number of thioether (sulfide) groups is 1. The molecule has 0 unspecified atom stereocenters. The Bertz CT molecular complexity index is 1210. The van der Waals surface area contributed by atoms with Crippen LogP contribution in [0.1, 0.15) is 22.8 Å². The molecule has 2 amide bonds. The molecule has 0 atom stereocenters. The van der Waals surface area contributed by atoms with Gasteiger partial charge in [0.1, 0.15) is 5.75 Å². The summed E-state index contributed by atoms with van der Waals surface area (Å²) in [5.74, 6) is -0.222. The summed E-state index contributed by atoms with van der Waals surface area (Å²) in [6, 6.07) is 14.0. The van der Waals surface area contributed by atoms with Gasteiger partial charge in [-0.1, -0.05) is 24.3 Å². The smallest absolute Gasteiger partial charge is 0.337 e. The lowest BCUT2D eigenvalue weighted by atomic mass is 10.2. The van der Waals surface area contributed by atoms with E-state index in [9.17, 15) is 14.4 Å². The molecule has 36 heavy (non-hydrogen) atoms. The van der Waals surface area contributed by atoms with Crippen LogP contribution in [-0.4, -0.2) is 79.3 Å². The fourth-order valence-corrected chi connectivity index (χ4v) is 4.77. The summed E-state index contributed by atoms with van der Waals surface area (Å²) in [4.78, 5) is 45.8. The third kappa shape index (κ3) is 5.95. The summed E-state index contributed by atoms with van der Waals surface area (Å²) in [5, 5.41) is 0.511. The molecule has 10 heteroatoms. The number of para-hydroxylation sites is 1. The first kappa shape index (κ1) is 25.5. The molecular weight excluding hydrogens is 482 g/mol. The molecule has 0 saturated carbocycles. The normalized spacial score (nSPS) is 18.1. The molecule has 0 N–H and O–H groups in total. The largest absolute Gasteiger partial charge is 0.483 e. The van der Waals surface area contributed by atoms with Crippen molar-refractivity contribution in [3.63, 3.8) is 0 Å². The van der Waals surface area contributed by atoms with Crippen LogP contribution in [0.3, 0.4) is 0 Å². The summed E-state index contributed by atoms with van der Waals surface area (Å²) < 4.78 is 15.9. The van der Waals surface area contributed by atoms with E-state index < -0.39 is 5.97 Å². The van der Waals surface area contributed by atoms with E-state index in [0.29, 0.717) is 65.5 Å². The number of hydrogen-bond acceptors (Lipinski definition) is 8. The van der Waals surface area contributed by atoms with Gasteiger partial charge in [-0.15, -0.1) is 0 Å². The number of nitrogens with zero attached hydrogens (tertiary/aromatic N) is 3. The molecule has 4 rings (SSSR count). The van der Waals surface area contributed by atoms with Gasteiger partial charge < -0.3 is 19.1 Å². The Morgan fingerprint density at radius 1 is 1.14 bits per heavy atom. The van der Waals surface area contributed by atoms with Crippen molar-refractivity contribution in [1.82, 2.24) is 9.80 Å². The van der Waals surface area contributed by atoms with E-state index in [1.54, 1.807) is 46.2 Å². The Hall–Kier alpha value is -3.63. The first-order valence-corrected chi connectivity index (χ1v) is 12.4. The van der Waals surface area contributed by atoms with Crippen molar-refractivity contribution >= 4 is 46.5 Å². The number of carbonyl (C=O) groups is 3. The highest BCUT2D eigenvalue weighted by atomic mass is 32.2. The minimum atomic E-state index is -0.455. The zero-order chi connectivity index (χ0) is 25.5. The molecule has 0 aromatic heterocycles. The van der Waals surface area contributed by atoms with Gasteiger partial charge in [-0.3, -0.25) is 14.5 Å². The van der Waals surface area contributed by atoms with Gasteiger partial charge in [-0.25, -0.2) is 9.79 Å². The van der Waals surface area contributed by atoms with Crippen molar-refractivity contribution in [3.05, 3.63) is 64.6 Å². The van der Waals surface area contributed by atoms with E-state index in [-0.39, 0.29) is 18.4 Å². The van der Waals surface area contributed by atoms with E-state index >= 15 is 0 Å². The SMILES string of the molecule is CCN1C(=O)C(=Cc2ccccc2OCC(=O)N2CCOCC2)SC1=Nc1cccc(C(=O)OC)c1. The Morgan fingerprint density at radius 2 is 1.92 bits per heavy atom. The molecule has 2 aromatic carbocycles. The fourth-order valence-electron chi connectivity index (χ4n) is 3.72. The highest BCUT2D eigenvalue weighted by molar-refractivity contribution is 8.18.